The quantitative estimate of drug-likeness (QED) is 0.247. The summed E-state index contributed by atoms with van der Waals surface area (Å²) in [6.07, 6.45) is 6.04. The summed E-state index contributed by atoms with van der Waals surface area (Å²) in [6, 6.07) is 10.4. The molecule has 110 valence electrons. The Morgan fingerprint density at radius 3 is 2.70 bits per heavy atom. The molecule has 0 heterocycles. The number of unbranched alkanes of at least 4 members (excludes halogenated alkanes) is 2. The first-order valence-corrected chi connectivity index (χ1v) is 7.16. The lowest BCUT2D eigenvalue weighted by Crippen LogP contribution is -2.19. The van der Waals surface area contributed by atoms with Gasteiger partial charge < -0.3 is 9.94 Å². The molecule has 0 radical (unpaired) electrons. The molecule has 1 aromatic rings. The lowest BCUT2D eigenvalue weighted by Gasteiger charge is -2.10. The highest BCUT2D eigenvalue weighted by molar-refractivity contribution is 5.89. The van der Waals surface area contributed by atoms with Crippen molar-refractivity contribution >= 4 is 12.2 Å². The van der Waals surface area contributed by atoms with Crippen molar-refractivity contribution in [2.75, 3.05) is 6.61 Å². The number of ether oxygens (including phenoxy) is 1. The lowest BCUT2D eigenvalue weighted by atomic mass is 10.0. The lowest BCUT2D eigenvalue weighted by molar-refractivity contribution is -0.145. The van der Waals surface area contributed by atoms with E-state index in [4.69, 9.17) is 9.94 Å². The van der Waals surface area contributed by atoms with Crippen molar-refractivity contribution in [3.05, 3.63) is 35.9 Å². The zero-order valence-corrected chi connectivity index (χ0v) is 12.0. The number of esters is 1. The second-order valence-electron chi connectivity index (χ2n) is 4.71. The van der Waals surface area contributed by atoms with Crippen molar-refractivity contribution in [2.24, 2.45) is 11.1 Å². The third kappa shape index (κ3) is 6.36. The number of rotatable bonds is 9. The van der Waals surface area contributed by atoms with Gasteiger partial charge in [-0.2, -0.15) is 0 Å². The Bertz CT molecular complexity index is 403. The number of hydrogen-bond acceptors (Lipinski definition) is 4. The number of oxime groups is 1. The Morgan fingerprint density at radius 1 is 1.30 bits per heavy atom. The van der Waals surface area contributed by atoms with Crippen molar-refractivity contribution < 1.29 is 14.7 Å². The first kappa shape index (κ1) is 16.2. The van der Waals surface area contributed by atoms with Gasteiger partial charge in [0.1, 0.15) is 0 Å². The molecule has 0 aliphatic heterocycles. The maximum atomic E-state index is 11.6. The minimum absolute atomic E-state index is 0.312. The monoisotopic (exact) mass is 277 g/mol. The van der Waals surface area contributed by atoms with Gasteiger partial charge in [-0.25, -0.2) is 0 Å². The molecule has 0 bridgehead atoms. The molecule has 1 N–H and O–H groups in total. The number of carbonyl (C=O) groups is 1. The number of carbonyl (C=O) groups excluding carboxylic acids is 1. The van der Waals surface area contributed by atoms with E-state index in [1.807, 2.05) is 18.2 Å². The highest BCUT2D eigenvalue weighted by atomic mass is 16.5. The van der Waals surface area contributed by atoms with Crippen molar-refractivity contribution in [3.63, 3.8) is 0 Å². The van der Waals surface area contributed by atoms with Crippen molar-refractivity contribution in [2.45, 2.75) is 39.0 Å². The second kappa shape index (κ2) is 10.0. The van der Waals surface area contributed by atoms with E-state index >= 15 is 0 Å². The van der Waals surface area contributed by atoms with E-state index in [0.29, 0.717) is 13.0 Å². The van der Waals surface area contributed by atoms with Gasteiger partial charge in [0.15, 0.2) is 0 Å². The van der Waals surface area contributed by atoms with Gasteiger partial charge in [-0.15, -0.1) is 5.16 Å². The van der Waals surface area contributed by atoms with Gasteiger partial charge >= 0.3 is 5.97 Å². The average Bonchev–Trinajstić information content (AvgIpc) is 2.47. The van der Waals surface area contributed by atoms with Crippen LogP contribution in [0.1, 0.15) is 38.2 Å². The molecule has 0 saturated heterocycles. The van der Waals surface area contributed by atoms with Gasteiger partial charge in [0.2, 0.25) is 0 Å². The summed E-state index contributed by atoms with van der Waals surface area (Å²) < 4.78 is 4.94. The standard InChI is InChI=1S/C16H23NO3/c1-2-20-16(18)15(13-17-19)12-8-4-7-11-14-9-5-3-6-10-14/h3,5-6,9-10,13,15,19H,2,4,7-8,11-12H2,1H3/b17-13-. The molecule has 1 unspecified atom stereocenters. The number of benzene rings is 1. The zero-order valence-electron chi connectivity index (χ0n) is 12.0. The third-order valence-corrected chi connectivity index (χ3v) is 3.16. The van der Waals surface area contributed by atoms with Crippen LogP contribution in [0.5, 0.6) is 0 Å². The maximum absolute atomic E-state index is 11.6. The summed E-state index contributed by atoms with van der Waals surface area (Å²) in [4.78, 5) is 11.6. The van der Waals surface area contributed by atoms with Crippen LogP contribution in [-0.2, 0) is 16.0 Å². The van der Waals surface area contributed by atoms with E-state index in [1.54, 1.807) is 6.92 Å². The molecule has 0 aromatic heterocycles. The fraction of sp³-hybridized carbons (Fsp3) is 0.500. The predicted molar refractivity (Wildman–Crippen MR) is 79.0 cm³/mol. The molecule has 4 nitrogen and oxygen atoms in total. The van der Waals surface area contributed by atoms with E-state index in [-0.39, 0.29) is 5.97 Å². The molecular weight excluding hydrogens is 254 g/mol. The molecule has 1 aromatic carbocycles. The SMILES string of the molecule is CCOC(=O)C(/C=N\O)CCCCCc1ccccc1. The van der Waals surface area contributed by atoms with Gasteiger partial charge in [-0.3, -0.25) is 4.79 Å². The van der Waals surface area contributed by atoms with Crippen LogP contribution >= 0.6 is 0 Å². The summed E-state index contributed by atoms with van der Waals surface area (Å²) in [5.41, 5.74) is 1.34. The Morgan fingerprint density at radius 2 is 2.05 bits per heavy atom. The summed E-state index contributed by atoms with van der Waals surface area (Å²) in [7, 11) is 0. The van der Waals surface area contributed by atoms with Gasteiger partial charge in [-0.1, -0.05) is 43.2 Å². The maximum Gasteiger partial charge on any atom is 0.314 e. The molecular formula is C16H23NO3. The topological polar surface area (TPSA) is 58.9 Å². The highest BCUT2D eigenvalue weighted by Gasteiger charge is 2.17. The summed E-state index contributed by atoms with van der Waals surface area (Å²) in [5, 5.41) is 11.5. The van der Waals surface area contributed by atoms with Crippen LogP contribution in [0.15, 0.2) is 35.5 Å². The smallest absolute Gasteiger partial charge is 0.314 e. The highest BCUT2D eigenvalue weighted by Crippen LogP contribution is 2.12. The molecule has 1 rings (SSSR count). The van der Waals surface area contributed by atoms with Gasteiger partial charge in [-0.05, 0) is 31.7 Å². The van der Waals surface area contributed by atoms with E-state index in [0.717, 1.165) is 25.7 Å². The molecule has 0 fully saturated rings. The third-order valence-electron chi connectivity index (χ3n) is 3.16. The Labute approximate surface area is 120 Å². The predicted octanol–water partition coefficient (Wildman–Crippen LogP) is 3.43. The molecule has 0 saturated carbocycles. The normalized spacial score (nSPS) is 12.4. The number of nitrogens with zero attached hydrogens (tertiary/aromatic N) is 1. The van der Waals surface area contributed by atoms with Crippen LogP contribution < -0.4 is 0 Å². The van der Waals surface area contributed by atoms with Crippen molar-refractivity contribution in [1.82, 2.24) is 0 Å². The Hall–Kier alpha value is -1.84. The van der Waals surface area contributed by atoms with Gasteiger partial charge in [0.25, 0.3) is 0 Å². The molecule has 20 heavy (non-hydrogen) atoms. The summed E-state index contributed by atoms with van der Waals surface area (Å²) in [5.74, 6) is -0.745. The van der Waals surface area contributed by atoms with E-state index in [9.17, 15) is 4.79 Å². The molecule has 0 aliphatic carbocycles. The van der Waals surface area contributed by atoms with Crippen molar-refractivity contribution in [1.29, 1.82) is 0 Å². The zero-order chi connectivity index (χ0) is 14.6. The molecule has 1 atom stereocenters. The van der Waals surface area contributed by atoms with Crippen LogP contribution in [-0.4, -0.2) is 24.0 Å². The molecule has 4 heteroatoms. The fourth-order valence-corrected chi connectivity index (χ4v) is 2.10. The Balaban J connectivity index is 2.22. The first-order valence-electron chi connectivity index (χ1n) is 7.16. The van der Waals surface area contributed by atoms with Gasteiger partial charge in [0.05, 0.1) is 18.7 Å². The second-order valence-corrected chi connectivity index (χ2v) is 4.71. The molecule has 0 spiro atoms. The molecule has 0 amide bonds. The fourth-order valence-electron chi connectivity index (χ4n) is 2.10. The summed E-state index contributed by atoms with van der Waals surface area (Å²) >= 11 is 0. The van der Waals surface area contributed by atoms with Crippen LogP contribution in [0.25, 0.3) is 0 Å². The average molecular weight is 277 g/mol. The van der Waals surface area contributed by atoms with Crippen molar-refractivity contribution in [3.8, 4) is 0 Å². The van der Waals surface area contributed by atoms with Crippen LogP contribution in [0, 0.1) is 5.92 Å². The summed E-state index contributed by atoms with van der Waals surface area (Å²) in [6.45, 7) is 2.12. The van der Waals surface area contributed by atoms with Crippen LogP contribution in [0.3, 0.4) is 0 Å². The minimum atomic E-state index is -0.434. The number of aryl methyl sites for hydroxylation is 1. The van der Waals surface area contributed by atoms with Crippen LogP contribution in [0.2, 0.25) is 0 Å². The van der Waals surface area contributed by atoms with E-state index in [2.05, 4.69) is 17.3 Å². The molecule has 0 aliphatic rings. The van der Waals surface area contributed by atoms with E-state index in [1.165, 1.54) is 11.8 Å². The first-order chi connectivity index (χ1) is 9.77. The number of hydrogen-bond donors (Lipinski definition) is 1. The van der Waals surface area contributed by atoms with Gasteiger partial charge in [0, 0.05) is 0 Å². The largest absolute Gasteiger partial charge is 0.465 e. The van der Waals surface area contributed by atoms with E-state index < -0.39 is 5.92 Å². The Kier molecular flexibility index (Phi) is 8.11. The van der Waals surface area contributed by atoms with Crippen LogP contribution in [0.4, 0.5) is 0 Å². The minimum Gasteiger partial charge on any atom is -0.465 e.